The van der Waals surface area contributed by atoms with Crippen LogP contribution in [0.4, 0.5) is 0 Å². The third-order valence-corrected chi connectivity index (χ3v) is 4.61. The molecule has 6 nitrogen and oxygen atoms in total. The van der Waals surface area contributed by atoms with E-state index in [-0.39, 0.29) is 42.9 Å². The number of likely N-dealkylation sites (tertiary alicyclic amines) is 1. The summed E-state index contributed by atoms with van der Waals surface area (Å²) in [4.78, 5) is 16.5. The lowest BCUT2D eigenvalue weighted by Crippen LogP contribution is -2.46. The molecule has 0 radical (unpaired) electrons. The zero-order valence-electron chi connectivity index (χ0n) is 14.8. The fraction of sp³-hybridized carbons (Fsp3) is 0.938. The molecule has 24 heavy (non-hydrogen) atoms. The summed E-state index contributed by atoms with van der Waals surface area (Å²) in [5, 5.41) is 12.8. The molecule has 0 aliphatic carbocycles. The lowest BCUT2D eigenvalue weighted by atomic mass is 9.96. The molecule has 2 rings (SSSR count). The van der Waals surface area contributed by atoms with Crippen LogP contribution < -0.4 is 5.32 Å². The Morgan fingerprint density at radius 1 is 1.38 bits per heavy atom. The van der Waals surface area contributed by atoms with E-state index in [0.29, 0.717) is 18.9 Å². The smallest absolute Gasteiger partial charge is 0.223 e. The second kappa shape index (κ2) is 12.3. The van der Waals surface area contributed by atoms with Gasteiger partial charge in [0.15, 0.2) is 0 Å². The summed E-state index contributed by atoms with van der Waals surface area (Å²) in [6.45, 7) is 7.70. The zero-order chi connectivity index (χ0) is 15.9. The van der Waals surface area contributed by atoms with Crippen LogP contribution in [0.1, 0.15) is 26.2 Å². The molecule has 8 heteroatoms. The van der Waals surface area contributed by atoms with E-state index >= 15 is 0 Å². The van der Waals surface area contributed by atoms with Crippen molar-refractivity contribution >= 4 is 30.7 Å². The van der Waals surface area contributed by atoms with E-state index in [9.17, 15) is 9.90 Å². The summed E-state index contributed by atoms with van der Waals surface area (Å²) in [5.74, 6) is 0.782. The van der Waals surface area contributed by atoms with E-state index < -0.39 is 0 Å². The van der Waals surface area contributed by atoms with Gasteiger partial charge in [-0.3, -0.25) is 4.79 Å². The topological polar surface area (TPSA) is 65.0 Å². The van der Waals surface area contributed by atoms with Crippen molar-refractivity contribution in [1.82, 2.24) is 15.1 Å². The predicted octanol–water partition coefficient (Wildman–Crippen LogP) is 0.760. The fourth-order valence-electron chi connectivity index (χ4n) is 3.33. The summed E-state index contributed by atoms with van der Waals surface area (Å²) in [5.41, 5.74) is 0. The molecule has 2 saturated heterocycles. The van der Waals surface area contributed by atoms with Gasteiger partial charge >= 0.3 is 0 Å². The van der Waals surface area contributed by atoms with Gasteiger partial charge in [0.05, 0.1) is 19.3 Å². The Morgan fingerprint density at radius 3 is 2.58 bits per heavy atom. The molecule has 2 fully saturated rings. The van der Waals surface area contributed by atoms with Crippen molar-refractivity contribution in [3.63, 3.8) is 0 Å². The fourth-order valence-corrected chi connectivity index (χ4v) is 3.33. The predicted molar refractivity (Wildman–Crippen MR) is 100 cm³/mol. The maximum absolute atomic E-state index is 12.3. The molecule has 0 aromatic heterocycles. The van der Waals surface area contributed by atoms with Crippen LogP contribution in [0.2, 0.25) is 0 Å². The van der Waals surface area contributed by atoms with Gasteiger partial charge in [0, 0.05) is 39.1 Å². The summed E-state index contributed by atoms with van der Waals surface area (Å²) >= 11 is 0. The molecule has 0 aromatic rings. The van der Waals surface area contributed by atoms with Crippen molar-refractivity contribution < 1.29 is 14.6 Å². The van der Waals surface area contributed by atoms with Crippen molar-refractivity contribution in [2.45, 2.75) is 38.3 Å². The average Bonchev–Trinajstić information content (AvgIpc) is 2.49. The number of carbonyl (C=O) groups excluding carboxylic acids is 1. The number of ether oxygens (including phenoxy) is 1. The first-order valence-electron chi connectivity index (χ1n) is 8.50. The molecule has 0 aromatic carbocycles. The van der Waals surface area contributed by atoms with Gasteiger partial charge < -0.3 is 25.0 Å². The minimum absolute atomic E-state index is 0. The van der Waals surface area contributed by atoms with Gasteiger partial charge in [0.25, 0.3) is 0 Å². The molecule has 2 atom stereocenters. The summed E-state index contributed by atoms with van der Waals surface area (Å²) in [6.07, 6.45) is 2.48. The molecule has 2 N–H and O–H groups in total. The monoisotopic (exact) mass is 385 g/mol. The summed E-state index contributed by atoms with van der Waals surface area (Å²) in [6, 6.07) is 0.164. The minimum Gasteiger partial charge on any atom is -0.392 e. The minimum atomic E-state index is -0.258. The molecule has 144 valence electrons. The highest BCUT2D eigenvalue weighted by Crippen LogP contribution is 2.18. The number of aliphatic hydroxyl groups is 1. The summed E-state index contributed by atoms with van der Waals surface area (Å²) < 4.78 is 5.40. The number of carbonyl (C=O) groups is 1. The van der Waals surface area contributed by atoms with Crippen LogP contribution in [-0.2, 0) is 9.53 Å². The number of β-amino-alcohol motifs (C(OH)–C–C–N with tert-alkyl or cyclic N) is 1. The van der Waals surface area contributed by atoms with E-state index in [1.54, 1.807) is 0 Å². The zero-order valence-corrected chi connectivity index (χ0v) is 16.4. The van der Waals surface area contributed by atoms with E-state index in [1.807, 2.05) is 18.9 Å². The lowest BCUT2D eigenvalue weighted by molar-refractivity contribution is -0.131. The van der Waals surface area contributed by atoms with Crippen LogP contribution in [0.15, 0.2) is 0 Å². The first-order valence-corrected chi connectivity index (χ1v) is 8.50. The maximum Gasteiger partial charge on any atom is 0.223 e. The number of nitrogens with one attached hydrogen (secondary N) is 1. The molecular weight excluding hydrogens is 353 g/mol. The highest BCUT2D eigenvalue weighted by molar-refractivity contribution is 5.85. The third kappa shape index (κ3) is 8.32. The molecule has 0 saturated carbocycles. The van der Waals surface area contributed by atoms with Crippen LogP contribution in [0, 0.1) is 5.92 Å². The first-order chi connectivity index (χ1) is 10.5. The Kier molecular flexibility index (Phi) is 12.2. The van der Waals surface area contributed by atoms with Crippen molar-refractivity contribution in [3.05, 3.63) is 0 Å². The number of hydrogen-bond donors (Lipinski definition) is 2. The standard InChI is InChI=1S/C16H31N3O3.2ClH/c1-13(20)10-19-6-3-14(4-7-19)11-18(2)16(21)9-15-12-22-8-5-17-15;;/h13-15,17,20H,3-12H2,1-2H3;2*1H. The van der Waals surface area contributed by atoms with Crippen molar-refractivity contribution in [1.29, 1.82) is 0 Å². The molecule has 2 aliphatic rings. The number of amides is 1. The Labute approximate surface area is 158 Å². The van der Waals surface area contributed by atoms with Crippen molar-refractivity contribution in [2.75, 3.05) is 53.0 Å². The van der Waals surface area contributed by atoms with E-state index in [1.165, 1.54) is 0 Å². The van der Waals surface area contributed by atoms with Crippen LogP contribution in [0.5, 0.6) is 0 Å². The molecule has 0 spiro atoms. The molecule has 2 unspecified atom stereocenters. The van der Waals surface area contributed by atoms with Crippen LogP contribution in [0.3, 0.4) is 0 Å². The van der Waals surface area contributed by atoms with Crippen molar-refractivity contribution in [2.24, 2.45) is 5.92 Å². The van der Waals surface area contributed by atoms with Gasteiger partial charge in [-0.2, -0.15) is 0 Å². The van der Waals surface area contributed by atoms with Gasteiger partial charge in [-0.25, -0.2) is 0 Å². The number of aliphatic hydroxyl groups excluding tert-OH is 1. The SMILES string of the molecule is CC(O)CN1CCC(CN(C)C(=O)CC2COCCN2)CC1.Cl.Cl. The van der Waals surface area contributed by atoms with Crippen LogP contribution in [-0.4, -0.2) is 85.9 Å². The molecule has 1 amide bonds. The Morgan fingerprint density at radius 2 is 2.04 bits per heavy atom. The normalized spacial score (nSPS) is 23.7. The molecule has 2 aliphatic heterocycles. The number of morpholine rings is 1. The van der Waals surface area contributed by atoms with Gasteiger partial charge in [0.1, 0.15) is 0 Å². The van der Waals surface area contributed by atoms with Gasteiger partial charge in [-0.15, -0.1) is 24.8 Å². The Bertz CT molecular complexity index is 347. The molecule has 0 bridgehead atoms. The van der Waals surface area contributed by atoms with E-state index in [0.717, 1.165) is 52.2 Å². The largest absolute Gasteiger partial charge is 0.392 e. The Balaban J connectivity index is 0.00000264. The number of halogens is 2. The van der Waals surface area contributed by atoms with Crippen LogP contribution in [0.25, 0.3) is 0 Å². The second-order valence-electron chi connectivity index (χ2n) is 6.80. The summed E-state index contributed by atoms with van der Waals surface area (Å²) in [7, 11) is 1.91. The Hall–Kier alpha value is -0.110. The number of rotatable bonds is 6. The maximum atomic E-state index is 12.3. The van der Waals surface area contributed by atoms with Gasteiger partial charge in [0.2, 0.25) is 5.91 Å². The molecule has 2 heterocycles. The van der Waals surface area contributed by atoms with Crippen molar-refractivity contribution in [3.8, 4) is 0 Å². The number of piperidine rings is 1. The highest BCUT2D eigenvalue weighted by atomic mass is 35.5. The number of hydrogen-bond acceptors (Lipinski definition) is 5. The van der Waals surface area contributed by atoms with Gasteiger partial charge in [-0.05, 0) is 38.8 Å². The quantitative estimate of drug-likeness (QED) is 0.706. The van der Waals surface area contributed by atoms with E-state index in [4.69, 9.17) is 4.74 Å². The molecular formula is C16H33Cl2N3O3. The second-order valence-corrected chi connectivity index (χ2v) is 6.80. The van der Waals surface area contributed by atoms with Gasteiger partial charge in [-0.1, -0.05) is 0 Å². The lowest BCUT2D eigenvalue weighted by Gasteiger charge is -2.34. The third-order valence-electron chi connectivity index (χ3n) is 4.61. The van der Waals surface area contributed by atoms with Crippen LogP contribution >= 0.6 is 24.8 Å². The first kappa shape index (κ1) is 23.9. The highest BCUT2D eigenvalue weighted by Gasteiger charge is 2.24. The average molecular weight is 386 g/mol. The number of nitrogens with zero attached hydrogens (tertiary/aromatic N) is 2. The van der Waals surface area contributed by atoms with E-state index in [2.05, 4.69) is 10.2 Å².